The van der Waals surface area contributed by atoms with Crippen LogP contribution in [0.3, 0.4) is 0 Å². The van der Waals surface area contributed by atoms with E-state index in [4.69, 9.17) is 21.1 Å². The van der Waals surface area contributed by atoms with Gasteiger partial charge in [-0.2, -0.15) is 5.26 Å². The molecule has 190 valence electrons. The van der Waals surface area contributed by atoms with Crippen molar-refractivity contribution in [1.29, 1.82) is 5.26 Å². The van der Waals surface area contributed by atoms with Crippen molar-refractivity contribution in [3.63, 3.8) is 0 Å². The van der Waals surface area contributed by atoms with Crippen molar-refractivity contribution < 1.29 is 17.9 Å². The first-order valence-corrected chi connectivity index (χ1v) is 14.0. The van der Waals surface area contributed by atoms with Gasteiger partial charge in [-0.3, -0.25) is 0 Å². The van der Waals surface area contributed by atoms with Gasteiger partial charge in [-0.25, -0.2) is 18.4 Å². The maximum absolute atomic E-state index is 11.6. The van der Waals surface area contributed by atoms with E-state index < -0.39 is 21.4 Å². The van der Waals surface area contributed by atoms with Gasteiger partial charge >= 0.3 is 0 Å². The molecule has 3 aromatic rings. The summed E-state index contributed by atoms with van der Waals surface area (Å²) in [5.74, 6) is 1.08. The summed E-state index contributed by atoms with van der Waals surface area (Å²) in [4.78, 5) is 8.37. The van der Waals surface area contributed by atoms with E-state index in [-0.39, 0.29) is 11.6 Å². The Balaban J connectivity index is 1.80. The van der Waals surface area contributed by atoms with Crippen LogP contribution in [-0.2, 0) is 21.0 Å². The predicted octanol–water partition coefficient (Wildman–Crippen LogP) is 5.80. The topological polar surface area (TPSA) is 102 Å². The van der Waals surface area contributed by atoms with Crippen LogP contribution in [0.25, 0.3) is 0 Å². The molecule has 7 nitrogen and oxygen atoms in total. The molecule has 1 heterocycles. The zero-order valence-corrected chi connectivity index (χ0v) is 22.7. The second-order valence-electron chi connectivity index (χ2n) is 9.17. The van der Waals surface area contributed by atoms with E-state index in [0.717, 1.165) is 23.8 Å². The molecule has 0 amide bonds. The SMILES string of the molecule is CCCOc1c(Cl)cc(C(C)(C)c2ccc(O[C@@H](C)c3ccnc(CS(C)(=O)=O)n3)cc2)cc1C#N. The van der Waals surface area contributed by atoms with Crippen molar-refractivity contribution in [1.82, 2.24) is 9.97 Å². The number of hydrogen-bond donors (Lipinski definition) is 0. The van der Waals surface area contributed by atoms with E-state index >= 15 is 0 Å². The number of nitriles is 1. The van der Waals surface area contributed by atoms with E-state index in [0.29, 0.717) is 34.4 Å². The third-order valence-electron chi connectivity index (χ3n) is 5.76. The average molecular weight is 528 g/mol. The van der Waals surface area contributed by atoms with Gasteiger partial charge in [0.15, 0.2) is 15.6 Å². The molecule has 0 bridgehead atoms. The molecule has 0 unspecified atom stereocenters. The predicted molar refractivity (Wildman–Crippen MR) is 140 cm³/mol. The van der Waals surface area contributed by atoms with Gasteiger partial charge < -0.3 is 9.47 Å². The minimum atomic E-state index is -3.23. The lowest BCUT2D eigenvalue weighted by atomic mass is 9.77. The maximum Gasteiger partial charge on any atom is 0.155 e. The van der Waals surface area contributed by atoms with Crippen LogP contribution < -0.4 is 9.47 Å². The Bertz CT molecular complexity index is 1370. The van der Waals surface area contributed by atoms with E-state index in [9.17, 15) is 13.7 Å². The van der Waals surface area contributed by atoms with E-state index in [1.807, 2.05) is 50.2 Å². The van der Waals surface area contributed by atoms with Crippen LogP contribution in [0.2, 0.25) is 5.02 Å². The van der Waals surface area contributed by atoms with Crippen molar-refractivity contribution in [2.45, 2.75) is 51.4 Å². The summed E-state index contributed by atoms with van der Waals surface area (Å²) >= 11 is 6.49. The molecule has 0 aliphatic rings. The molecule has 36 heavy (non-hydrogen) atoms. The highest BCUT2D eigenvalue weighted by Crippen LogP contribution is 2.38. The van der Waals surface area contributed by atoms with Crippen LogP contribution in [-0.4, -0.2) is 31.2 Å². The molecule has 0 N–H and O–H groups in total. The van der Waals surface area contributed by atoms with Gasteiger partial charge in [0.05, 0.1) is 22.9 Å². The molecule has 3 rings (SSSR count). The second kappa shape index (κ2) is 11.3. The number of ether oxygens (including phenoxy) is 2. The van der Waals surface area contributed by atoms with Crippen LogP contribution in [0, 0.1) is 11.3 Å². The summed E-state index contributed by atoms with van der Waals surface area (Å²) < 4.78 is 34.9. The fraction of sp³-hybridized carbons (Fsp3) is 0.370. The van der Waals surface area contributed by atoms with Gasteiger partial charge in [0.25, 0.3) is 0 Å². The van der Waals surface area contributed by atoms with Crippen LogP contribution >= 0.6 is 11.6 Å². The van der Waals surface area contributed by atoms with Crippen molar-refractivity contribution in [2.24, 2.45) is 0 Å². The summed E-state index contributed by atoms with van der Waals surface area (Å²) in [5, 5.41) is 10.1. The van der Waals surface area contributed by atoms with Crippen LogP contribution in [0.5, 0.6) is 11.5 Å². The molecule has 0 spiro atoms. The largest absolute Gasteiger partial charge is 0.491 e. The van der Waals surface area contributed by atoms with E-state index in [1.165, 1.54) is 6.20 Å². The van der Waals surface area contributed by atoms with Crippen molar-refractivity contribution in [3.8, 4) is 17.6 Å². The molecule has 1 aromatic heterocycles. The molecule has 2 aromatic carbocycles. The second-order valence-corrected chi connectivity index (χ2v) is 11.7. The van der Waals surface area contributed by atoms with Crippen LogP contribution in [0.15, 0.2) is 48.7 Å². The van der Waals surface area contributed by atoms with E-state index in [2.05, 4.69) is 29.9 Å². The lowest BCUT2D eigenvalue weighted by Gasteiger charge is -2.27. The number of aromatic nitrogens is 2. The number of nitrogens with zero attached hydrogens (tertiary/aromatic N) is 3. The lowest BCUT2D eigenvalue weighted by Crippen LogP contribution is -2.19. The first-order chi connectivity index (χ1) is 16.9. The summed E-state index contributed by atoms with van der Waals surface area (Å²) in [7, 11) is -3.23. The number of hydrogen-bond acceptors (Lipinski definition) is 7. The Hall–Kier alpha value is -3.15. The fourth-order valence-electron chi connectivity index (χ4n) is 3.71. The number of rotatable bonds is 10. The van der Waals surface area contributed by atoms with Crippen molar-refractivity contribution >= 4 is 21.4 Å². The standard InChI is InChI=1S/C27H30ClN3O4S/c1-6-13-34-26-19(16-29)14-21(15-23(26)28)27(3,4)20-7-9-22(10-8-20)35-18(2)24-11-12-30-25(31-24)17-36(5,32)33/h7-12,14-15,18H,6,13,17H2,1-5H3/t18-/m0/s1. The van der Waals surface area contributed by atoms with Gasteiger partial charge in [0.1, 0.15) is 29.5 Å². The first-order valence-electron chi connectivity index (χ1n) is 11.6. The molecule has 0 saturated carbocycles. The zero-order chi connectivity index (χ0) is 26.5. The highest BCUT2D eigenvalue weighted by Gasteiger charge is 2.26. The summed E-state index contributed by atoms with van der Waals surface area (Å²) in [6, 6.07) is 15.3. The molecule has 0 aliphatic carbocycles. The Morgan fingerprint density at radius 2 is 1.83 bits per heavy atom. The zero-order valence-electron chi connectivity index (χ0n) is 21.1. The minimum absolute atomic E-state index is 0.222. The number of halogens is 1. The van der Waals surface area contributed by atoms with Gasteiger partial charge in [0.2, 0.25) is 0 Å². The molecule has 0 aliphatic heterocycles. The average Bonchev–Trinajstić information content (AvgIpc) is 2.82. The fourth-order valence-corrected chi connectivity index (χ4v) is 4.60. The molecule has 9 heteroatoms. The normalized spacial score (nSPS) is 12.6. The van der Waals surface area contributed by atoms with Gasteiger partial charge in [-0.1, -0.05) is 44.5 Å². The third-order valence-corrected chi connectivity index (χ3v) is 6.82. The molecular formula is C27H30ClN3O4S. The quantitative estimate of drug-likeness (QED) is 0.328. The number of sulfone groups is 1. The molecule has 1 atom stereocenters. The molecule has 0 saturated heterocycles. The van der Waals surface area contributed by atoms with E-state index in [1.54, 1.807) is 6.07 Å². The van der Waals surface area contributed by atoms with Gasteiger partial charge in [-0.05, 0) is 54.8 Å². The summed E-state index contributed by atoms with van der Waals surface area (Å²) in [5.41, 5.74) is 2.48. The highest BCUT2D eigenvalue weighted by atomic mass is 35.5. The van der Waals surface area contributed by atoms with Gasteiger partial charge in [-0.15, -0.1) is 0 Å². The van der Waals surface area contributed by atoms with Gasteiger partial charge in [0, 0.05) is 17.9 Å². The molecular weight excluding hydrogens is 498 g/mol. The number of benzene rings is 2. The van der Waals surface area contributed by atoms with Crippen molar-refractivity contribution in [3.05, 3.63) is 81.9 Å². The first kappa shape index (κ1) is 27.4. The van der Waals surface area contributed by atoms with Crippen LogP contribution in [0.4, 0.5) is 0 Å². The Morgan fingerprint density at radius 3 is 2.44 bits per heavy atom. The Kier molecular flexibility index (Phi) is 8.59. The smallest absolute Gasteiger partial charge is 0.155 e. The minimum Gasteiger partial charge on any atom is -0.491 e. The third kappa shape index (κ3) is 6.74. The molecule has 0 fully saturated rings. The Morgan fingerprint density at radius 1 is 1.14 bits per heavy atom. The summed E-state index contributed by atoms with van der Waals surface area (Å²) in [6.07, 6.45) is 3.10. The monoisotopic (exact) mass is 527 g/mol. The maximum atomic E-state index is 11.6. The highest BCUT2D eigenvalue weighted by molar-refractivity contribution is 7.89. The summed E-state index contributed by atoms with van der Waals surface area (Å²) in [6.45, 7) is 8.46. The van der Waals surface area contributed by atoms with Crippen molar-refractivity contribution in [2.75, 3.05) is 12.9 Å². The van der Waals surface area contributed by atoms with Crippen LogP contribution in [0.1, 0.15) is 68.4 Å². The molecule has 0 radical (unpaired) electrons. The Labute approximate surface area is 218 Å². The lowest BCUT2D eigenvalue weighted by molar-refractivity contribution is 0.221.